The third kappa shape index (κ3) is 2.88. The summed E-state index contributed by atoms with van der Waals surface area (Å²) in [5, 5.41) is 12.4. The van der Waals surface area contributed by atoms with Gasteiger partial charge in [0.05, 0.1) is 18.5 Å². The standard InChI is InChI=1S/C15H14N2O/c1-2-12-3-5-13(6-4-12)9-17-15-10-16-8-7-14(15)11-18/h1,3-8,10,17-18H,9,11H2. The molecule has 1 aromatic heterocycles. The molecule has 0 aliphatic carbocycles. The van der Waals surface area contributed by atoms with Gasteiger partial charge in [-0.2, -0.15) is 0 Å². The number of terminal acetylenes is 1. The average Bonchev–Trinajstić information content (AvgIpc) is 2.46. The normalized spacial score (nSPS) is 9.78. The first-order valence-electron chi connectivity index (χ1n) is 5.66. The summed E-state index contributed by atoms with van der Waals surface area (Å²) < 4.78 is 0. The number of aromatic nitrogens is 1. The van der Waals surface area contributed by atoms with Gasteiger partial charge in [-0.25, -0.2) is 0 Å². The molecule has 0 aliphatic heterocycles. The SMILES string of the molecule is C#Cc1ccc(CNc2cnccc2CO)cc1. The van der Waals surface area contributed by atoms with Gasteiger partial charge >= 0.3 is 0 Å². The van der Waals surface area contributed by atoms with Crippen LogP contribution in [0.2, 0.25) is 0 Å². The fraction of sp³-hybridized carbons (Fsp3) is 0.133. The number of anilines is 1. The van der Waals surface area contributed by atoms with Crippen molar-refractivity contribution in [3.8, 4) is 12.3 Å². The molecular weight excluding hydrogens is 224 g/mol. The van der Waals surface area contributed by atoms with Gasteiger partial charge in [-0.05, 0) is 23.8 Å². The highest BCUT2D eigenvalue weighted by molar-refractivity contribution is 5.49. The molecule has 0 fully saturated rings. The van der Waals surface area contributed by atoms with Crippen molar-refractivity contribution in [3.05, 3.63) is 59.4 Å². The molecule has 0 bridgehead atoms. The van der Waals surface area contributed by atoms with E-state index in [-0.39, 0.29) is 6.61 Å². The van der Waals surface area contributed by atoms with Crippen LogP contribution < -0.4 is 5.32 Å². The van der Waals surface area contributed by atoms with Crippen LogP contribution in [0.4, 0.5) is 5.69 Å². The Kier molecular flexibility index (Phi) is 3.95. The van der Waals surface area contributed by atoms with E-state index in [0.717, 1.165) is 22.4 Å². The number of benzene rings is 1. The molecule has 1 aromatic carbocycles. The summed E-state index contributed by atoms with van der Waals surface area (Å²) in [5.74, 6) is 2.58. The molecular formula is C15H14N2O. The number of nitrogens with one attached hydrogen (secondary N) is 1. The van der Waals surface area contributed by atoms with E-state index < -0.39 is 0 Å². The average molecular weight is 238 g/mol. The Morgan fingerprint density at radius 3 is 2.67 bits per heavy atom. The predicted octanol–water partition coefficient (Wildman–Crippen LogP) is 2.17. The van der Waals surface area contributed by atoms with Crippen LogP contribution in [0.25, 0.3) is 0 Å². The van der Waals surface area contributed by atoms with E-state index in [1.54, 1.807) is 18.5 Å². The number of hydrogen-bond donors (Lipinski definition) is 2. The Labute approximate surface area is 107 Å². The molecule has 3 heteroatoms. The van der Waals surface area contributed by atoms with Gasteiger partial charge in [0, 0.05) is 23.9 Å². The summed E-state index contributed by atoms with van der Waals surface area (Å²) in [6.45, 7) is 0.671. The molecule has 0 aliphatic rings. The molecule has 90 valence electrons. The zero-order valence-electron chi connectivity index (χ0n) is 9.93. The summed E-state index contributed by atoms with van der Waals surface area (Å²) in [7, 11) is 0. The molecule has 0 amide bonds. The van der Waals surface area contributed by atoms with Crippen LogP contribution in [0.5, 0.6) is 0 Å². The van der Waals surface area contributed by atoms with Crippen molar-refractivity contribution in [1.29, 1.82) is 0 Å². The van der Waals surface area contributed by atoms with Crippen molar-refractivity contribution in [2.75, 3.05) is 5.32 Å². The minimum Gasteiger partial charge on any atom is -0.392 e. The molecule has 0 saturated heterocycles. The third-order valence-corrected chi connectivity index (χ3v) is 2.69. The Hall–Kier alpha value is -2.31. The van der Waals surface area contributed by atoms with Crippen molar-refractivity contribution in [1.82, 2.24) is 4.98 Å². The smallest absolute Gasteiger partial charge is 0.0703 e. The van der Waals surface area contributed by atoms with Gasteiger partial charge < -0.3 is 10.4 Å². The molecule has 0 saturated carbocycles. The van der Waals surface area contributed by atoms with Gasteiger partial charge in [0.15, 0.2) is 0 Å². The van der Waals surface area contributed by atoms with Crippen molar-refractivity contribution in [2.24, 2.45) is 0 Å². The van der Waals surface area contributed by atoms with Gasteiger partial charge in [0.1, 0.15) is 0 Å². The minimum atomic E-state index is 0.000878. The Morgan fingerprint density at radius 2 is 2.00 bits per heavy atom. The second-order valence-electron chi connectivity index (χ2n) is 3.89. The second-order valence-corrected chi connectivity index (χ2v) is 3.89. The number of aliphatic hydroxyl groups is 1. The van der Waals surface area contributed by atoms with Crippen molar-refractivity contribution >= 4 is 5.69 Å². The Morgan fingerprint density at radius 1 is 1.22 bits per heavy atom. The van der Waals surface area contributed by atoms with Crippen LogP contribution >= 0.6 is 0 Å². The van der Waals surface area contributed by atoms with E-state index in [0.29, 0.717) is 6.54 Å². The van der Waals surface area contributed by atoms with Crippen LogP contribution in [0.3, 0.4) is 0 Å². The number of aliphatic hydroxyl groups excluding tert-OH is 1. The van der Waals surface area contributed by atoms with E-state index >= 15 is 0 Å². The van der Waals surface area contributed by atoms with E-state index in [4.69, 9.17) is 6.42 Å². The highest BCUT2D eigenvalue weighted by Gasteiger charge is 2.00. The van der Waals surface area contributed by atoms with E-state index in [2.05, 4.69) is 16.2 Å². The van der Waals surface area contributed by atoms with Gasteiger partial charge in [-0.15, -0.1) is 6.42 Å². The highest BCUT2D eigenvalue weighted by Crippen LogP contribution is 2.14. The fourth-order valence-corrected chi connectivity index (χ4v) is 1.64. The molecule has 0 radical (unpaired) electrons. The van der Waals surface area contributed by atoms with Gasteiger partial charge in [-0.1, -0.05) is 18.1 Å². The lowest BCUT2D eigenvalue weighted by atomic mass is 10.1. The van der Waals surface area contributed by atoms with Crippen molar-refractivity contribution in [3.63, 3.8) is 0 Å². The van der Waals surface area contributed by atoms with Crippen LogP contribution in [-0.2, 0) is 13.2 Å². The molecule has 0 unspecified atom stereocenters. The molecule has 3 nitrogen and oxygen atoms in total. The number of nitrogens with zero attached hydrogens (tertiary/aromatic N) is 1. The zero-order valence-corrected chi connectivity index (χ0v) is 9.93. The van der Waals surface area contributed by atoms with Gasteiger partial charge in [-0.3, -0.25) is 4.98 Å². The molecule has 0 atom stereocenters. The molecule has 2 aromatic rings. The van der Waals surface area contributed by atoms with Crippen molar-refractivity contribution in [2.45, 2.75) is 13.2 Å². The molecule has 18 heavy (non-hydrogen) atoms. The summed E-state index contributed by atoms with van der Waals surface area (Å²) in [6, 6.07) is 9.58. The molecule has 1 heterocycles. The highest BCUT2D eigenvalue weighted by atomic mass is 16.3. The lowest BCUT2D eigenvalue weighted by Gasteiger charge is -2.09. The maximum atomic E-state index is 9.19. The summed E-state index contributed by atoms with van der Waals surface area (Å²) in [4.78, 5) is 4.03. The molecule has 0 spiro atoms. The first kappa shape index (κ1) is 12.2. The second kappa shape index (κ2) is 5.85. The summed E-state index contributed by atoms with van der Waals surface area (Å²) in [6.07, 6.45) is 8.68. The zero-order chi connectivity index (χ0) is 12.8. The van der Waals surface area contributed by atoms with Crippen molar-refractivity contribution < 1.29 is 5.11 Å². The maximum Gasteiger partial charge on any atom is 0.0703 e. The lowest BCUT2D eigenvalue weighted by molar-refractivity contribution is 0.282. The molecule has 2 N–H and O–H groups in total. The lowest BCUT2D eigenvalue weighted by Crippen LogP contribution is -2.03. The summed E-state index contributed by atoms with van der Waals surface area (Å²) >= 11 is 0. The quantitative estimate of drug-likeness (QED) is 0.802. The Bertz CT molecular complexity index is 555. The monoisotopic (exact) mass is 238 g/mol. The topological polar surface area (TPSA) is 45.2 Å². The largest absolute Gasteiger partial charge is 0.392 e. The number of hydrogen-bond acceptors (Lipinski definition) is 3. The van der Waals surface area contributed by atoms with Crippen LogP contribution in [0, 0.1) is 12.3 Å². The van der Waals surface area contributed by atoms with Crippen LogP contribution in [0.1, 0.15) is 16.7 Å². The summed E-state index contributed by atoms with van der Waals surface area (Å²) in [5.41, 5.74) is 3.68. The van der Waals surface area contributed by atoms with Gasteiger partial charge in [0.2, 0.25) is 0 Å². The van der Waals surface area contributed by atoms with Crippen LogP contribution in [0.15, 0.2) is 42.7 Å². The van der Waals surface area contributed by atoms with E-state index in [1.165, 1.54) is 0 Å². The predicted molar refractivity (Wildman–Crippen MR) is 71.9 cm³/mol. The number of pyridine rings is 1. The minimum absolute atomic E-state index is 0.000878. The Balaban J connectivity index is 2.04. The first-order chi connectivity index (χ1) is 8.83. The number of rotatable bonds is 4. The maximum absolute atomic E-state index is 9.19. The van der Waals surface area contributed by atoms with E-state index in [1.807, 2.05) is 24.3 Å². The first-order valence-corrected chi connectivity index (χ1v) is 5.66. The third-order valence-electron chi connectivity index (χ3n) is 2.69. The van der Waals surface area contributed by atoms with E-state index in [9.17, 15) is 5.11 Å². The van der Waals surface area contributed by atoms with Crippen LogP contribution in [-0.4, -0.2) is 10.1 Å². The van der Waals surface area contributed by atoms with Gasteiger partial charge in [0.25, 0.3) is 0 Å². The molecule has 2 rings (SSSR count). The fourth-order valence-electron chi connectivity index (χ4n) is 1.64.